The van der Waals surface area contributed by atoms with Crippen LogP contribution in [-0.2, 0) is 14.3 Å². The Hall–Kier alpha value is -0.130. The first-order valence-corrected chi connectivity index (χ1v) is 9.58. The van der Waals surface area contributed by atoms with Crippen molar-refractivity contribution >= 4 is 10.1 Å². The van der Waals surface area contributed by atoms with Crippen LogP contribution in [0.15, 0.2) is 0 Å². The normalized spacial score (nSPS) is 27.6. The van der Waals surface area contributed by atoms with Gasteiger partial charge >= 0.3 is 0 Å². The number of unbranched alkanes of at least 4 members (excludes halogenated alkanes) is 5. The summed E-state index contributed by atoms with van der Waals surface area (Å²) in [4.78, 5) is 0. The van der Waals surface area contributed by atoms with Gasteiger partial charge < -0.3 is 5.11 Å². The van der Waals surface area contributed by atoms with Gasteiger partial charge in [-0.25, -0.2) is 0 Å². The SMILES string of the molecule is CCCCCCCCS(=O)(=O)O[C@@H]1CCCC[C@]1(C)O. The molecule has 1 rings (SSSR count). The summed E-state index contributed by atoms with van der Waals surface area (Å²) in [7, 11) is -3.50. The van der Waals surface area contributed by atoms with E-state index in [9.17, 15) is 13.5 Å². The molecule has 0 radical (unpaired) electrons. The molecule has 20 heavy (non-hydrogen) atoms. The van der Waals surface area contributed by atoms with E-state index in [0.29, 0.717) is 19.3 Å². The fourth-order valence-corrected chi connectivity index (χ4v) is 4.03. The van der Waals surface area contributed by atoms with Gasteiger partial charge in [0.1, 0.15) is 6.10 Å². The lowest BCUT2D eigenvalue weighted by Crippen LogP contribution is -2.45. The molecule has 0 unspecified atom stereocenters. The molecule has 5 heteroatoms. The molecule has 2 atom stereocenters. The molecule has 0 aliphatic heterocycles. The van der Waals surface area contributed by atoms with Gasteiger partial charge in [-0.05, 0) is 26.2 Å². The van der Waals surface area contributed by atoms with Gasteiger partial charge in [0, 0.05) is 0 Å². The highest BCUT2D eigenvalue weighted by atomic mass is 32.2. The van der Waals surface area contributed by atoms with Crippen molar-refractivity contribution in [3.8, 4) is 0 Å². The number of rotatable bonds is 9. The Labute approximate surface area is 124 Å². The fourth-order valence-electron chi connectivity index (χ4n) is 2.72. The maximum Gasteiger partial charge on any atom is 0.267 e. The monoisotopic (exact) mass is 306 g/mol. The summed E-state index contributed by atoms with van der Waals surface area (Å²) in [6, 6.07) is 0. The van der Waals surface area contributed by atoms with Crippen LogP contribution in [0.1, 0.15) is 78.1 Å². The van der Waals surface area contributed by atoms with Gasteiger partial charge in [-0.15, -0.1) is 0 Å². The van der Waals surface area contributed by atoms with Crippen molar-refractivity contribution in [2.24, 2.45) is 0 Å². The summed E-state index contributed by atoms with van der Waals surface area (Å²) in [6.07, 6.45) is 8.79. The zero-order valence-electron chi connectivity index (χ0n) is 12.9. The van der Waals surface area contributed by atoms with Crippen LogP contribution in [0.4, 0.5) is 0 Å². The van der Waals surface area contributed by atoms with Gasteiger partial charge in [0.05, 0.1) is 11.4 Å². The molecule has 0 aromatic rings. The van der Waals surface area contributed by atoms with E-state index in [1.807, 2.05) is 0 Å². The number of hydrogen-bond donors (Lipinski definition) is 1. The fraction of sp³-hybridized carbons (Fsp3) is 1.00. The molecule has 120 valence electrons. The molecule has 0 saturated heterocycles. The summed E-state index contributed by atoms with van der Waals surface area (Å²) >= 11 is 0. The van der Waals surface area contributed by atoms with Gasteiger partial charge in [0.15, 0.2) is 0 Å². The highest BCUT2D eigenvalue weighted by Gasteiger charge is 2.38. The van der Waals surface area contributed by atoms with Gasteiger partial charge in [-0.3, -0.25) is 4.18 Å². The lowest BCUT2D eigenvalue weighted by atomic mass is 9.84. The summed E-state index contributed by atoms with van der Waals surface area (Å²) in [5, 5.41) is 10.2. The minimum atomic E-state index is -3.50. The molecule has 4 nitrogen and oxygen atoms in total. The Morgan fingerprint density at radius 3 is 2.45 bits per heavy atom. The Balaban J connectivity index is 2.30. The topological polar surface area (TPSA) is 63.6 Å². The van der Waals surface area contributed by atoms with E-state index >= 15 is 0 Å². The molecule has 0 heterocycles. The van der Waals surface area contributed by atoms with E-state index < -0.39 is 21.8 Å². The van der Waals surface area contributed by atoms with Gasteiger partial charge in [0.25, 0.3) is 10.1 Å². The van der Waals surface area contributed by atoms with Crippen LogP contribution in [-0.4, -0.2) is 31.0 Å². The molecule has 1 fully saturated rings. The Bertz CT molecular complexity index is 362. The molecule has 0 amide bonds. The Kier molecular flexibility index (Phi) is 7.48. The summed E-state index contributed by atoms with van der Waals surface area (Å²) < 4.78 is 29.1. The van der Waals surface area contributed by atoms with E-state index in [1.54, 1.807) is 6.92 Å². The third-order valence-corrected chi connectivity index (χ3v) is 5.42. The zero-order chi connectivity index (χ0) is 15.1. The second-order valence-corrected chi connectivity index (χ2v) is 7.93. The first-order chi connectivity index (χ1) is 9.37. The van der Waals surface area contributed by atoms with E-state index in [1.165, 1.54) is 19.3 Å². The molecular formula is C15H30O4S. The maximum absolute atomic E-state index is 11.9. The molecule has 0 bridgehead atoms. The van der Waals surface area contributed by atoms with Crippen LogP contribution >= 0.6 is 0 Å². The van der Waals surface area contributed by atoms with Crippen LogP contribution in [0.2, 0.25) is 0 Å². The third-order valence-electron chi connectivity index (χ3n) is 4.10. The van der Waals surface area contributed by atoms with Gasteiger partial charge in [-0.1, -0.05) is 51.9 Å². The van der Waals surface area contributed by atoms with Crippen LogP contribution in [0.3, 0.4) is 0 Å². The molecule has 1 aliphatic carbocycles. The lowest BCUT2D eigenvalue weighted by molar-refractivity contribution is -0.0712. The van der Waals surface area contributed by atoms with E-state index in [0.717, 1.165) is 25.7 Å². The first-order valence-electron chi connectivity index (χ1n) is 8.01. The average molecular weight is 306 g/mol. The standard InChI is InChI=1S/C15H30O4S/c1-3-4-5-6-7-10-13-20(17,18)19-14-11-8-9-12-15(14,2)16/h14,16H,3-13H2,1-2H3/t14-,15+/m1/s1. The molecule has 0 aromatic carbocycles. The van der Waals surface area contributed by atoms with Crippen molar-refractivity contribution < 1.29 is 17.7 Å². The molecule has 0 aromatic heterocycles. The minimum absolute atomic E-state index is 0.0751. The van der Waals surface area contributed by atoms with Crippen LogP contribution in [0, 0.1) is 0 Å². The van der Waals surface area contributed by atoms with Gasteiger partial charge in [-0.2, -0.15) is 8.42 Å². The highest BCUT2D eigenvalue weighted by molar-refractivity contribution is 7.86. The zero-order valence-corrected chi connectivity index (χ0v) is 13.8. The van der Waals surface area contributed by atoms with Crippen molar-refractivity contribution in [3.05, 3.63) is 0 Å². The van der Waals surface area contributed by atoms with E-state index in [-0.39, 0.29) is 5.75 Å². The summed E-state index contributed by atoms with van der Waals surface area (Å²) in [5.74, 6) is 0.0751. The third kappa shape index (κ3) is 6.55. The molecule has 1 saturated carbocycles. The number of hydrogen-bond acceptors (Lipinski definition) is 4. The van der Waals surface area contributed by atoms with Crippen molar-refractivity contribution in [1.29, 1.82) is 0 Å². The molecule has 1 N–H and O–H groups in total. The number of aliphatic hydroxyl groups is 1. The molecular weight excluding hydrogens is 276 g/mol. The van der Waals surface area contributed by atoms with Crippen molar-refractivity contribution in [1.82, 2.24) is 0 Å². The Morgan fingerprint density at radius 2 is 1.80 bits per heavy atom. The van der Waals surface area contributed by atoms with Crippen LogP contribution in [0.5, 0.6) is 0 Å². The second-order valence-electron chi connectivity index (χ2n) is 6.22. The average Bonchev–Trinajstić information content (AvgIpc) is 2.36. The van der Waals surface area contributed by atoms with Crippen LogP contribution in [0.25, 0.3) is 0 Å². The van der Waals surface area contributed by atoms with Crippen molar-refractivity contribution in [2.75, 3.05) is 5.75 Å². The van der Waals surface area contributed by atoms with E-state index in [4.69, 9.17) is 4.18 Å². The van der Waals surface area contributed by atoms with Crippen molar-refractivity contribution in [3.63, 3.8) is 0 Å². The molecule has 1 aliphatic rings. The smallest absolute Gasteiger partial charge is 0.267 e. The maximum atomic E-state index is 11.9. The largest absolute Gasteiger partial charge is 0.387 e. The first kappa shape index (κ1) is 17.9. The highest BCUT2D eigenvalue weighted by Crippen LogP contribution is 2.31. The van der Waals surface area contributed by atoms with Crippen LogP contribution < -0.4 is 0 Å². The predicted molar refractivity (Wildman–Crippen MR) is 81.1 cm³/mol. The lowest BCUT2D eigenvalue weighted by Gasteiger charge is -2.36. The van der Waals surface area contributed by atoms with Gasteiger partial charge in [0.2, 0.25) is 0 Å². The second kappa shape index (κ2) is 8.35. The van der Waals surface area contributed by atoms with Crippen molar-refractivity contribution in [2.45, 2.75) is 89.8 Å². The minimum Gasteiger partial charge on any atom is -0.387 e. The predicted octanol–water partition coefficient (Wildman–Crippen LogP) is 3.39. The summed E-state index contributed by atoms with van der Waals surface area (Å²) in [5.41, 5.74) is -1.01. The summed E-state index contributed by atoms with van der Waals surface area (Å²) in [6.45, 7) is 3.84. The van der Waals surface area contributed by atoms with E-state index in [2.05, 4.69) is 6.92 Å². The Morgan fingerprint density at radius 1 is 1.15 bits per heavy atom. The molecule has 0 spiro atoms. The quantitative estimate of drug-likeness (QED) is 0.524.